The van der Waals surface area contributed by atoms with Gasteiger partial charge in [0, 0.05) is 0 Å². The van der Waals surface area contributed by atoms with Crippen LogP contribution in [0.2, 0.25) is 0 Å². The van der Waals surface area contributed by atoms with Crippen molar-refractivity contribution in [1.29, 1.82) is 0 Å². The standard InChI is InChI=1S/C27H34F2/c1-2-3-4-5-19-6-8-20(9-7-19)23-13-15-26(27(29)18-23)24-11-10-22-17-25(28)14-12-21(22)16-24/h12-15,17-20,24H,2-11,16H2,1H3. The first kappa shape index (κ1) is 20.6. The highest BCUT2D eigenvalue weighted by atomic mass is 19.1. The molecule has 0 heterocycles. The van der Waals surface area contributed by atoms with Crippen LogP contribution in [0.3, 0.4) is 0 Å². The molecule has 0 nitrogen and oxygen atoms in total. The van der Waals surface area contributed by atoms with Crippen molar-refractivity contribution in [2.75, 3.05) is 0 Å². The van der Waals surface area contributed by atoms with E-state index in [2.05, 4.69) is 13.0 Å². The quantitative estimate of drug-likeness (QED) is 0.433. The van der Waals surface area contributed by atoms with E-state index in [1.54, 1.807) is 6.07 Å². The molecule has 0 bridgehead atoms. The van der Waals surface area contributed by atoms with Crippen LogP contribution in [-0.4, -0.2) is 0 Å². The maximum Gasteiger partial charge on any atom is 0.126 e. The van der Waals surface area contributed by atoms with Gasteiger partial charge in [0.1, 0.15) is 11.6 Å². The molecule has 1 fully saturated rings. The lowest BCUT2D eigenvalue weighted by Gasteiger charge is -2.30. The molecule has 29 heavy (non-hydrogen) atoms. The van der Waals surface area contributed by atoms with E-state index in [0.717, 1.165) is 36.3 Å². The molecule has 0 N–H and O–H groups in total. The van der Waals surface area contributed by atoms with Gasteiger partial charge in [0.25, 0.3) is 0 Å². The van der Waals surface area contributed by atoms with Gasteiger partial charge < -0.3 is 0 Å². The average Bonchev–Trinajstić information content (AvgIpc) is 2.74. The molecule has 0 aromatic heterocycles. The van der Waals surface area contributed by atoms with Gasteiger partial charge in [0.2, 0.25) is 0 Å². The number of hydrogen-bond donors (Lipinski definition) is 0. The predicted octanol–water partition coefficient (Wildman–Crippen LogP) is 8.09. The molecule has 0 aliphatic heterocycles. The van der Waals surface area contributed by atoms with Crippen LogP contribution in [0.5, 0.6) is 0 Å². The largest absolute Gasteiger partial charge is 0.207 e. The summed E-state index contributed by atoms with van der Waals surface area (Å²) in [4.78, 5) is 0. The van der Waals surface area contributed by atoms with Crippen molar-refractivity contribution in [1.82, 2.24) is 0 Å². The molecule has 2 aliphatic carbocycles. The monoisotopic (exact) mass is 396 g/mol. The Morgan fingerprint density at radius 3 is 2.41 bits per heavy atom. The van der Waals surface area contributed by atoms with Crippen LogP contribution in [0.25, 0.3) is 0 Å². The minimum atomic E-state index is -0.169. The van der Waals surface area contributed by atoms with E-state index < -0.39 is 0 Å². The third kappa shape index (κ3) is 4.90. The van der Waals surface area contributed by atoms with Gasteiger partial charge in [0.15, 0.2) is 0 Å². The molecule has 2 aliphatic rings. The van der Waals surface area contributed by atoms with Gasteiger partial charge in [-0.3, -0.25) is 0 Å². The summed E-state index contributed by atoms with van der Waals surface area (Å²) >= 11 is 0. The molecule has 0 amide bonds. The number of rotatable bonds is 6. The second kappa shape index (κ2) is 9.41. The molecule has 1 unspecified atom stereocenters. The third-order valence-corrected chi connectivity index (χ3v) is 7.40. The summed E-state index contributed by atoms with van der Waals surface area (Å²) in [6, 6.07) is 11.1. The zero-order chi connectivity index (χ0) is 20.2. The van der Waals surface area contributed by atoms with E-state index in [9.17, 15) is 4.39 Å². The van der Waals surface area contributed by atoms with Crippen LogP contribution < -0.4 is 0 Å². The van der Waals surface area contributed by atoms with Crippen LogP contribution in [0, 0.1) is 17.6 Å². The first-order valence-electron chi connectivity index (χ1n) is 11.7. The van der Waals surface area contributed by atoms with Crippen molar-refractivity contribution < 1.29 is 8.78 Å². The van der Waals surface area contributed by atoms with Crippen LogP contribution in [0.15, 0.2) is 36.4 Å². The number of halogens is 2. The number of hydrogen-bond acceptors (Lipinski definition) is 0. The Morgan fingerprint density at radius 1 is 0.828 bits per heavy atom. The van der Waals surface area contributed by atoms with Crippen molar-refractivity contribution in [2.24, 2.45) is 5.92 Å². The number of benzene rings is 2. The van der Waals surface area contributed by atoms with Crippen molar-refractivity contribution >= 4 is 0 Å². The fourth-order valence-electron chi connectivity index (χ4n) is 5.58. The fraction of sp³-hybridized carbons (Fsp3) is 0.556. The van der Waals surface area contributed by atoms with Crippen molar-refractivity contribution in [3.63, 3.8) is 0 Å². The van der Waals surface area contributed by atoms with Gasteiger partial charge in [-0.1, -0.05) is 50.8 Å². The molecule has 2 aromatic carbocycles. The maximum atomic E-state index is 15.1. The molecule has 0 saturated heterocycles. The van der Waals surface area contributed by atoms with Crippen LogP contribution in [-0.2, 0) is 12.8 Å². The molecule has 1 atom stereocenters. The van der Waals surface area contributed by atoms with Crippen molar-refractivity contribution in [3.05, 3.63) is 70.3 Å². The molecular weight excluding hydrogens is 362 g/mol. The Labute approximate surface area is 174 Å². The SMILES string of the molecule is CCCCCC1CCC(c2ccc(C3CCc4cc(F)ccc4C3)c(F)c2)CC1. The average molecular weight is 397 g/mol. The minimum Gasteiger partial charge on any atom is -0.207 e. The maximum absolute atomic E-state index is 15.1. The van der Waals surface area contributed by atoms with E-state index in [1.165, 1.54) is 68.6 Å². The summed E-state index contributed by atoms with van der Waals surface area (Å²) in [5, 5.41) is 0. The molecular formula is C27H34F2. The number of fused-ring (bicyclic) bond motifs is 1. The molecule has 2 aromatic rings. The van der Waals surface area contributed by atoms with E-state index in [4.69, 9.17) is 0 Å². The predicted molar refractivity (Wildman–Crippen MR) is 116 cm³/mol. The van der Waals surface area contributed by atoms with Crippen LogP contribution >= 0.6 is 0 Å². The molecule has 1 saturated carbocycles. The lowest BCUT2D eigenvalue weighted by Crippen LogP contribution is -2.16. The van der Waals surface area contributed by atoms with Crippen molar-refractivity contribution in [2.45, 2.75) is 89.4 Å². The van der Waals surface area contributed by atoms with Crippen LogP contribution in [0.4, 0.5) is 8.78 Å². The zero-order valence-corrected chi connectivity index (χ0v) is 17.7. The Kier molecular flexibility index (Phi) is 6.67. The summed E-state index contributed by atoms with van der Waals surface area (Å²) in [6.45, 7) is 2.26. The highest BCUT2D eigenvalue weighted by Gasteiger charge is 2.26. The summed E-state index contributed by atoms with van der Waals surface area (Å²) in [5.41, 5.74) is 4.30. The number of unbranched alkanes of at least 4 members (excludes halogenated alkanes) is 2. The van der Waals surface area contributed by atoms with Gasteiger partial charge in [-0.25, -0.2) is 8.78 Å². The number of aryl methyl sites for hydroxylation is 1. The zero-order valence-electron chi connectivity index (χ0n) is 17.7. The normalized spacial score (nSPS) is 24.3. The van der Waals surface area contributed by atoms with Gasteiger partial charge in [-0.15, -0.1) is 0 Å². The van der Waals surface area contributed by atoms with Gasteiger partial charge in [-0.2, -0.15) is 0 Å². The Hall–Kier alpha value is -1.70. The summed E-state index contributed by atoms with van der Waals surface area (Å²) in [7, 11) is 0. The summed E-state index contributed by atoms with van der Waals surface area (Å²) < 4.78 is 28.5. The highest BCUT2D eigenvalue weighted by molar-refractivity contribution is 5.36. The smallest absolute Gasteiger partial charge is 0.126 e. The molecule has 0 radical (unpaired) electrons. The van der Waals surface area contributed by atoms with Gasteiger partial charge >= 0.3 is 0 Å². The van der Waals surface area contributed by atoms with E-state index in [0.29, 0.717) is 5.92 Å². The summed E-state index contributed by atoms with van der Waals surface area (Å²) in [5.74, 6) is 1.40. The Morgan fingerprint density at radius 2 is 1.66 bits per heavy atom. The fourth-order valence-corrected chi connectivity index (χ4v) is 5.58. The lowest BCUT2D eigenvalue weighted by atomic mass is 9.76. The first-order valence-corrected chi connectivity index (χ1v) is 11.7. The van der Waals surface area contributed by atoms with E-state index in [1.807, 2.05) is 18.2 Å². The highest BCUT2D eigenvalue weighted by Crippen LogP contribution is 2.40. The second-order valence-electron chi connectivity index (χ2n) is 9.35. The Balaban J connectivity index is 1.38. The minimum absolute atomic E-state index is 0.0388. The van der Waals surface area contributed by atoms with Gasteiger partial charge in [0.05, 0.1) is 0 Å². The lowest BCUT2D eigenvalue weighted by molar-refractivity contribution is 0.302. The van der Waals surface area contributed by atoms with Crippen LogP contribution in [0.1, 0.15) is 98.8 Å². The van der Waals surface area contributed by atoms with E-state index in [-0.39, 0.29) is 17.6 Å². The second-order valence-corrected chi connectivity index (χ2v) is 9.35. The van der Waals surface area contributed by atoms with Gasteiger partial charge in [-0.05, 0) is 103 Å². The molecule has 156 valence electrons. The van der Waals surface area contributed by atoms with Crippen molar-refractivity contribution in [3.8, 4) is 0 Å². The molecule has 2 heteroatoms. The molecule has 0 spiro atoms. The Bertz CT molecular complexity index is 817. The third-order valence-electron chi connectivity index (χ3n) is 7.40. The topological polar surface area (TPSA) is 0 Å². The first-order chi connectivity index (χ1) is 14.1. The summed E-state index contributed by atoms with van der Waals surface area (Å²) in [6.07, 6.45) is 13.0. The molecule has 4 rings (SSSR count). The van der Waals surface area contributed by atoms with E-state index >= 15 is 4.39 Å².